The smallest absolute Gasteiger partial charge is 0.255 e. The van der Waals surface area contributed by atoms with Gasteiger partial charge in [-0.1, -0.05) is 45.0 Å². The Labute approximate surface area is 241 Å². The van der Waals surface area contributed by atoms with E-state index < -0.39 is 0 Å². The first-order chi connectivity index (χ1) is 19.7. The molecule has 9 heteroatoms. The molecule has 1 fully saturated rings. The largest absolute Gasteiger partial charge is 0.380 e. The van der Waals surface area contributed by atoms with Crippen LogP contribution >= 0.6 is 0 Å². The van der Waals surface area contributed by atoms with Gasteiger partial charge in [-0.15, -0.1) is 0 Å². The van der Waals surface area contributed by atoms with E-state index in [2.05, 4.69) is 63.4 Å². The van der Waals surface area contributed by atoms with Crippen molar-refractivity contribution in [3.8, 4) is 11.4 Å². The van der Waals surface area contributed by atoms with E-state index in [1.54, 1.807) is 0 Å². The normalized spacial score (nSPS) is 13.9. The van der Waals surface area contributed by atoms with Gasteiger partial charge in [0, 0.05) is 47.9 Å². The molecule has 1 aliphatic rings. The minimum Gasteiger partial charge on any atom is -0.380 e. The summed E-state index contributed by atoms with van der Waals surface area (Å²) in [6.45, 7) is 11.8. The lowest BCUT2D eigenvalue weighted by Gasteiger charge is -2.22. The SMILES string of the molecule is Cc1c(NC(=O)c2ccc(C(C)(C)C)cc2)cccc1-c1nc(N)nc(Nc2ccc(N3CCCOCC3)cc2)n1. The Morgan fingerprint density at radius 2 is 1.68 bits per heavy atom. The molecular weight excluding hydrogens is 514 g/mol. The number of benzene rings is 3. The Kier molecular flexibility index (Phi) is 8.16. The number of hydrogen-bond acceptors (Lipinski definition) is 8. The molecule has 4 N–H and O–H groups in total. The molecule has 0 unspecified atom stereocenters. The van der Waals surface area contributed by atoms with Crippen LogP contribution in [0.3, 0.4) is 0 Å². The second kappa shape index (κ2) is 11.9. The van der Waals surface area contributed by atoms with Crippen molar-refractivity contribution in [1.29, 1.82) is 0 Å². The highest BCUT2D eigenvalue weighted by Gasteiger charge is 2.17. The number of carbonyl (C=O) groups excluding carboxylic acids is 1. The van der Waals surface area contributed by atoms with Crippen molar-refractivity contribution in [3.05, 3.63) is 83.4 Å². The van der Waals surface area contributed by atoms with Crippen LogP contribution in [0.15, 0.2) is 66.7 Å². The first-order valence-electron chi connectivity index (χ1n) is 13.9. The lowest BCUT2D eigenvalue weighted by atomic mass is 9.86. The maximum atomic E-state index is 13.0. The summed E-state index contributed by atoms with van der Waals surface area (Å²) < 4.78 is 5.57. The molecule has 2 heterocycles. The van der Waals surface area contributed by atoms with Crippen molar-refractivity contribution in [1.82, 2.24) is 15.0 Å². The number of nitrogens with one attached hydrogen (secondary N) is 2. The van der Waals surface area contributed by atoms with Gasteiger partial charge in [0.1, 0.15) is 0 Å². The minimum absolute atomic E-state index is 0.0197. The molecule has 5 rings (SSSR count). The second-order valence-electron chi connectivity index (χ2n) is 11.2. The number of aromatic nitrogens is 3. The third kappa shape index (κ3) is 6.81. The van der Waals surface area contributed by atoms with Gasteiger partial charge < -0.3 is 26.0 Å². The van der Waals surface area contributed by atoms with Crippen LogP contribution in [0.1, 0.15) is 48.7 Å². The van der Waals surface area contributed by atoms with Crippen LogP contribution in [0.25, 0.3) is 11.4 Å². The van der Waals surface area contributed by atoms with Crippen molar-refractivity contribution in [2.75, 3.05) is 47.6 Å². The van der Waals surface area contributed by atoms with Gasteiger partial charge in [0.25, 0.3) is 5.91 Å². The Balaban J connectivity index is 1.33. The Morgan fingerprint density at radius 3 is 2.41 bits per heavy atom. The van der Waals surface area contributed by atoms with Crippen LogP contribution in [0.4, 0.5) is 29.0 Å². The lowest BCUT2D eigenvalue weighted by Crippen LogP contribution is -2.25. The molecule has 4 aromatic rings. The molecular formula is C32H37N7O2. The van der Waals surface area contributed by atoms with E-state index >= 15 is 0 Å². The number of ether oxygens (including phenoxy) is 1. The second-order valence-corrected chi connectivity index (χ2v) is 11.2. The van der Waals surface area contributed by atoms with E-state index in [0.717, 1.165) is 55.2 Å². The predicted octanol–water partition coefficient (Wildman–Crippen LogP) is 5.95. The minimum atomic E-state index is -0.181. The quantitative estimate of drug-likeness (QED) is 0.269. The number of hydrogen-bond donors (Lipinski definition) is 3. The Morgan fingerprint density at radius 1 is 0.927 bits per heavy atom. The average Bonchev–Trinajstić information content (AvgIpc) is 3.24. The monoisotopic (exact) mass is 551 g/mol. The summed E-state index contributed by atoms with van der Waals surface area (Å²) in [6.07, 6.45) is 1.02. The molecule has 0 spiro atoms. The van der Waals surface area contributed by atoms with Crippen LogP contribution < -0.4 is 21.3 Å². The lowest BCUT2D eigenvalue weighted by molar-refractivity contribution is 0.102. The first kappa shape index (κ1) is 28.0. The zero-order chi connectivity index (χ0) is 29.0. The highest BCUT2D eigenvalue weighted by atomic mass is 16.5. The summed E-state index contributed by atoms with van der Waals surface area (Å²) in [7, 11) is 0. The third-order valence-electron chi connectivity index (χ3n) is 7.20. The Hall–Kier alpha value is -4.50. The molecule has 9 nitrogen and oxygen atoms in total. The van der Waals surface area contributed by atoms with Crippen molar-refractivity contribution in [3.63, 3.8) is 0 Å². The van der Waals surface area contributed by atoms with Gasteiger partial charge in [-0.25, -0.2) is 0 Å². The molecule has 1 aromatic heterocycles. The van der Waals surface area contributed by atoms with Crippen LogP contribution in [0, 0.1) is 6.92 Å². The fourth-order valence-corrected chi connectivity index (χ4v) is 4.79. The van der Waals surface area contributed by atoms with Crippen molar-refractivity contribution in [2.45, 2.75) is 39.5 Å². The van der Waals surface area contributed by atoms with Crippen molar-refractivity contribution < 1.29 is 9.53 Å². The van der Waals surface area contributed by atoms with Gasteiger partial charge in [-0.3, -0.25) is 4.79 Å². The van der Waals surface area contributed by atoms with E-state index in [0.29, 0.717) is 23.0 Å². The molecule has 0 aliphatic carbocycles. The van der Waals surface area contributed by atoms with Gasteiger partial charge in [-0.05, 0) is 72.4 Å². The molecule has 0 radical (unpaired) electrons. The highest BCUT2D eigenvalue weighted by Crippen LogP contribution is 2.29. The van der Waals surface area contributed by atoms with Gasteiger partial charge in [0.15, 0.2) is 5.82 Å². The number of carbonyl (C=O) groups is 1. The van der Waals surface area contributed by atoms with E-state index in [1.165, 1.54) is 5.56 Å². The maximum absolute atomic E-state index is 13.0. The number of rotatable bonds is 6. The molecule has 3 aromatic carbocycles. The first-order valence-corrected chi connectivity index (χ1v) is 13.9. The van der Waals surface area contributed by atoms with Gasteiger partial charge in [0.2, 0.25) is 11.9 Å². The summed E-state index contributed by atoms with van der Waals surface area (Å²) in [5.74, 6) is 0.686. The van der Waals surface area contributed by atoms with Gasteiger partial charge in [-0.2, -0.15) is 15.0 Å². The van der Waals surface area contributed by atoms with Crippen molar-refractivity contribution >= 4 is 34.9 Å². The van der Waals surface area contributed by atoms with Crippen molar-refractivity contribution in [2.24, 2.45) is 0 Å². The van der Waals surface area contributed by atoms with Gasteiger partial charge >= 0.3 is 0 Å². The molecule has 212 valence electrons. The summed E-state index contributed by atoms with van der Waals surface area (Å²) in [5.41, 5.74) is 12.1. The Bertz CT molecular complexity index is 1510. The summed E-state index contributed by atoms with van der Waals surface area (Å²) in [6, 6.07) is 21.5. The summed E-state index contributed by atoms with van der Waals surface area (Å²) in [5, 5.41) is 6.28. The zero-order valence-electron chi connectivity index (χ0n) is 24.1. The number of amides is 1. The van der Waals surface area contributed by atoms with Gasteiger partial charge in [0.05, 0.1) is 6.61 Å². The molecule has 1 aliphatic heterocycles. The molecule has 0 atom stereocenters. The third-order valence-corrected chi connectivity index (χ3v) is 7.20. The van der Waals surface area contributed by atoms with Crippen LogP contribution in [0.2, 0.25) is 0 Å². The van der Waals surface area contributed by atoms with E-state index in [1.807, 2.05) is 61.5 Å². The molecule has 1 saturated heterocycles. The molecule has 0 saturated carbocycles. The van der Waals surface area contributed by atoms with Crippen LogP contribution in [-0.2, 0) is 10.2 Å². The molecule has 0 bridgehead atoms. The topological polar surface area (TPSA) is 118 Å². The molecule has 1 amide bonds. The summed E-state index contributed by atoms with van der Waals surface area (Å²) >= 11 is 0. The molecule has 41 heavy (non-hydrogen) atoms. The maximum Gasteiger partial charge on any atom is 0.255 e. The number of anilines is 5. The standard InChI is InChI=1S/C32H37N7O2/c1-21-26(7-5-8-27(21)35-29(40)22-9-11-23(12-10-22)32(2,3)4)28-36-30(33)38-31(37-28)34-24-13-15-25(16-14-24)39-17-6-19-41-20-18-39/h5,7-16H,6,17-20H2,1-4H3,(H,35,40)(H3,33,34,36,37,38). The number of nitrogens with zero attached hydrogens (tertiary/aromatic N) is 4. The number of nitrogens with two attached hydrogens (primary N) is 1. The average molecular weight is 552 g/mol. The summed E-state index contributed by atoms with van der Waals surface area (Å²) in [4.78, 5) is 28.7. The van der Waals surface area contributed by atoms with E-state index in [9.17, 15) is 4.79 Å². The fraction of sp³-hybridized carbons (Fsp3) is 0.312. The zero-order valence-corrected chi connectivity index (χ0v) is 24.1. The van der Waals surface area contributed by atoms with E-state index in [-0.39, 0.29) is 17.3 Å². The predicted molar refractivity (Wildman–Crippen MR) is 165 cm³/mol. The van der Waals surface area contributed by atoms with Crippen LogP contribution in [0.5, 0.6) is 0 Å². The number of nitrogen functional groups attached to an aromatic ring is 1. The fourth-order valence-electron chi connectivity index (χ4n) is 4.79. The highest BCUT2D eigenvalue weighted by molar-refractivity contribution is 6.05. The van der Waals surface area contributed by atoms with E-state index in [4.69, 9.17) is 10.5 Å². The van der Waals surface area contributed by atoms with Crippen LogP contribution in [-0.4, -0.2) is 47.2 Å².